The third-order valence-corrected chi connectivity index (χ3v) is 5.72. The summed E-state index contributed by atoms with van der Waals surface area (Å²) in [5.41, 5.74) is -0.905. The molecule has 0 aliphatic carbocycles. The van der Waals surface area contributed by atoms with Crippen LogP contribution >= 0.6 is 7.60 Å². The minimum Gasteiger partial charge on any atom is -0.382 e. The highest BCUT2D eigenvalue weighted by Gasteiger charge is 2.57. The Kier molecular flexibility index (Phi) is 10.7. The van der Waals surface area contributed by atoms with Crippen molar-refractivity contribution in [2.24, 2.45) is 0 Å². The second-order valence-corrected chi connectivity index (χ2v) is 8.64. The van der Waals surface area contributed by atoms with Crippen LogP contribution in [0, 0.1) is 0 Å². The molecule has 0 heterocycles. The molecular formula is C18H31F2O4P. The summed E-state index contributed by atoms with van der Waals surface area (Å²) in [6.45, 7) is 7.80. The van der Waals surface area contributed by atoms with Gasteiger partial charge in [-0.1, -0.05) is 34.9 Å². The van der Waals surface area contributed by atoms with Crippen LogP contribution in [0.2, 0.25) is 0 Å². The summed E-state index contributed by atoms with van der Waals surface area (Å²) in [5.74, 6) is 0. The number of halogens is 2. The van der Waals surface area contributed by atoms with Gasteiger partial charge >= 0.3 is 13.3 Å². The average Bonchev–Trinajstić information content (AvgIpc) is 2.53. The van der Waals surface area contributed by atoms with Gasteiger partial charge in [-0.25, -0.2) is 0 Å². The molecule has 0 saturated heterocycles. The van der Waals surface area contributed by atoms with E-state index in [4.69, 9.17) is 0 Å². The van der Waals surface area contributed by atoms with Gasteiger partial charge in [0.1, 0.15) is 6.10 Å². The fourth-order valence-corrected chi connectivity index (χ4v) is 3.20. The van der Waals surface area contributed by atoms with Crippen LogP contribution in [0.15, 0.2) is 34.9 Å². The Morgan fingerprint density at radius 2 is 1.52 bits per heavy atom. The summed E-state index contributed by atoms with van der Waals surface area (Å²) in [6.07, 6.45) is 6.16. The molecule has 0 aromatic rings. The summed E-state index contributed by atoms with van der Waals surface area (Å²) in [4.78, 5) is 0. The van der Waals surface area contributed by atoms with Gasteiger partial charge in [0.15, 0.2) is 0 Å². The van der Waals surface area contributed by atoms with Crippen LogP contribution in [0.1, 0.15) is 53.4 Å². The first kappa shape index (κ1) is 24.2. The summed E-state index contributed by atoms with van der Waals surface area (Å²) in [7, 11) is -2.97. The molecule has 0 radical (unpaired) electrons. The van der Waals surface area contributed by atoms with E-state index in [1.807, 2.05) is 6.92 Å². The van der Waals surface area contributed by atoms with E-state index in [0.29, 0.717) is 18.4 Å². The Morgan fingerprint density at radius 3 is 2.00 bits per heavy atom. The fourth-order valence-electron chi connectivity index (χ4n) is 2.17. The van der Waals surface area contributed by atoms with E-state index in [2.05, 4.69) is 35.0 Å². The summed E-state index contributed by atoms with van der Waals surface area (Å²) < 4.78 is 48.6. The molecule has 1 N–H and O–H groups in total. The first-order valence-electron chi connectivity index (χ1n) is 8.24. The molecule has 0 aliphatic rings. The van der Waals surface area contributed by atoms with Crippen LogP contribution in [0.5, 0.6) is 0 Å². The molecule has 1 atom stereocenters. The topological polar surface area (TPSA) is 55.8 Å². The van der Waals surface area contributed by atoms with Crippen molar-refractivity contribution in [1.29, 1.82) is 0 Å². The lowest BCUT2D eigenvalue weighted by Crippen LogP contribution is -2.33. The van der Waals surface area contributed by atoms with Crippen molar-refractivity contribution in [1.82, 2.24) is 0 Å². The number of hydrogen-bond acceptors (Lipinski definition) is 4. The molecule has 0 amide bonds. The first-order valence-corrected chi connectivity index (χ1v) is 9.78. The lowest BCUT2D eigenvalue weighted by atomic mass is 10.1. The van der Waals surface area contributed by atoms with E-state index in [0.717, 1.165) is 33.1 Å². The Balaban J connectivity index is 4.72. The van der Waals surface area contributed by atoms with Crippen LogP contribution in [-0.4, -0.2) is 31.1 Å². The number of alkyl halides is 2. The highest BCUT2D eigenvalue weighted by Crippen LogP contribution is 2.62. The monoisotopic (exact) mass is 380 g/mol. The number of hydrogen-bond donors (Lipinski definition) is 1. The maximum Gasteiger partial charge on any atom is 0.402 e. The molecule has 0 aromatic carbocycles. The number of aliphatic hydroxyl groups excluding tert-OH is 1. The molecule has 7 heteroatoms. The smallest absolute Gasteiger partial charge is 0.382 e. The Bertz CT molecular complexity index is 541. The second kappa shape index (κ2) is 11.0. The van der Waals surface area contributed by atoms with Gasteiger partial charge in [0, 0.05) is 14.2 Å². The number of rotatable bonds is 11. The van der Waals surface area contributed by atoms with Crippen LogP contribution in [-0.2, 0) is 13.6 Å². The molecule has 0 spiro atoms. The minimum atomic E-state index is -4.70. The van der Waals surface area contributed by atoms with Gasteiger partial charge in [0.25, 0.3) is 0 Å². The first-order chi connectivity index (χ1) is 11.5. The molecule has 0 aliphatic heterocycles. The summed E-state index contributed by atoms with van der Waals surface area (Å²) in [6, 6.07) is 0. The van der Waals surface area contributed by atoms with Gasteiger partial charge in [0.05, 0.1) is 0 Å². The average molecular weight is 380 g/mol. The zero-order valence-corrected chi connectivity index (χ0v) is 16.9. The van der Waals surface area contributed by atoms with Crippen molar-refractivity contribution in [3.8, 4) is 0 Å². The van der Waals surface area contributed by atoms with Crippen LogP contribution in [0.3, 0.4) is 0 Å². The van der Waals surface area contributed by atoms with Gasteiger partial charge < -0.3 is 14.2 Å². The molecule has 0 fully saturated rings. The number of allylic oxidation sites excluding steroid dienone is 5. The Morgan fingerprint density at radius 1 is 1.04 bits per heavy atom. The van der Waals surface area contributed by atoms with Gasteiger partial charge in [-0.15, -0.1) is 0 Å². The SMILES string of the molecule is COP(=O)(OC)C(F)(F)C(O)C=C(C)CCC=C(C)CCC=C(C)C. The predicted octanol–water partition coefficient (Wildman–Crippen LogP) is 5.85. The molecule has 0 rings (SSSR count). The lowest BCUT2D eigenvalue weighted by Gasteiger charge is -2.26. The third kappa shape index (κ3) is 7.95. The molecule has 4 nitrogen and oxygen atoms in total. The Hall–Kier alpha value is -0.810. The van der Waals surface area contributed by atoms with Gasteiger partial charge in [-0.3, -0.25) is 4.57 Å². The molecule has 0 aromatic heterocycles. The maximum atomic E-state index is 14.1. The van der Waals surface area contributed by atoms with Gasteiger partial charge in [-0.2, -0.15) is 8.78 Å². The lowest BCUT2D eigenvalue weighted by molar-refractivity contribution is -0.0400. The zero-order valence-electron chi connectivity index (χ0n) is 16.0. The van der Waals surface area contributed by atoms with E-state index in [-0.39, 0.29) is 0 Å². The van der Waals surface area contributed by atoms with E-state index in [1.54, 1.807) is 6.92 Å². The van der Waals surface area contributed by atoms with Crippen LogP contribution in [0.25, 0.3) is 0 Å². The van der Waals surface area contributed by atoms with E-state index in [9.17, 15) is 18.5 Å². The third-order valence-electron chi connectivity index (χ3n) is 3.77. The van der Waals surface area contributed by atoms with Crippen LogP contribution in [0.4, 0.5) is 8.78 Å². The second-order valence-electron chi connectivity index (χ2n) is 6.32. The summed E-state index contributed by atoms with van der Waals surface area (Å²) in [5, 5.41) is 9.74. The molecule has 1 unspecified atom stereocenters. The number of aliphatic hydroxyl groups is 1. The maximum absolute atomic E-state index is 14.1. The van der Waals surface area contributed by atoms with Crippen LogP contribution < -0.4 is 0 Å². The van der Waals surface area contributed by atoms with Gasteiger partial charge in [-0.05, 0) is 53.4 Å². The van der Waals surface area contributed by atoms with Crippen molar-refractivity contribution in [2.75, 3.05) is 14.2 Å². The van der Waals surface area contributed by atoms with Crippen molar-refractivity contribution >= 4 is 7.60 Å². The Labute approximate surface area is 150 Å². The fraction of sp³-hybridized carbons (Fsp3) is 0.667. The highest BCUT2D eigenvalue weighted by atomic mass is 31.2. The molecular weight excluding hydrogens is 349 g/mol. The van der Waals surface area contributed by atoms with Crippen molar-refractivity contribution in [2.45, 2.75) is 65.1 Å². The van der Waals surface area contributed by atoms with E-state index >= 15 is 0 Å². The molecule has 0 bridgehead atoms. The molecule has 25 heavy (non-hydrogen) atoms. The van der Waals surface area contributed by atoms with Gasteiger partial charge in [0.2, 0.25) is 0 Å². The molecule has 146 valence electrons. The highest BCUT2D eigenvalue weighted by molar-refractivity contribution is 7.55. The van der Waals surface area contributed by atoms with E-state index < -0.39 is 19.4 Å². The van der Waals surface area contributed by atoms with Crippen molar-refractivity contribution in [3.63, 3.8) is 0 Å². The van der Waals surface area contributed by atoms with E-state index in [1.165, 1.54) is 11.1 Å². The van der Waals surface area contributed by atoms with Crippen molar-refractivity contribution < 1.29 is 27.5 Å². The quantitative estimate of drug-likeness (QED) is 0.361. The zero-order chi connectivity index (χ0) is 19.7. The summed E-state index contributed by atoms with van der Waals surface area (Å²) >= 11 is 0. The standard InChI is InChI=1S/C18H31F2O4P/c1-14(2)9-7-10-15(3)11-8-12-16(4)13-17(21)18(19,20)25(22,23-5)24-6/h9,11,13,17,21H,7-8,10,12H2,1-6H3. The minimum absolute atomic E-state index is 0.525. The predicted molar refractivity (Wildman–Crippen MR) is 98.0 cm³/mol. The normalized spacial score (nSPS) is 15.2. The van der Waals surface area contributed by atoms with Crippen molar-refractivity contribution in [3.05, 3.63) is 34.9 Å². The largest absolute Gasteiger partial charge is 0.402 e. The molecule has 0 saturated carbocycles.